The van der Waals surface area contributed by atoms with Crippen molar-refractivity contribution in [1.82, 2.24) is 14.8 Å². The van der Waals surface area contributed by atoms with Gasteiger partial charge in [-0.3, -0.25) is 4.79 Å². The number of rotatable bonds is 7. The fraction of sp³-hybridized carbons (Fsp3) is 0.476. The van der Waals surface area contributed by atoms with Gasteiger partial charge in [-0.2, -0.15) is 10.1 Å². The van der Waals surface area contributed by atoms with Crippen molar-refractivity contribution in [2.45, 2.75) is 51.5 Å². The highest BCUT2D eigenvalue weighted by Gasteiger charge is 2.36. The van der Waals surface area contributed by atoms with Gasteiger partial charge >= 0.3 is 0 Å². The molecule has 2 heterocycles. The van der Waals surface area contributed by atoms with E-state index in [0.29, 0.717) is 24.7 Å². The third-order valence-electron chi connectivity index (χ3n) is 5.32. The number of hydrogen-bond acceptors (Lipinski definition) is 6. The molecule has 0 fully saturated rings. The van der Waals surface area contributed by atoms with Crippen LogP contribution in [0.1, 0.15) is 57.1 Å². The summed E-state index contributed by atoms with van der Waals surface area (Å²) in [5.41, 5.74) is 2.68. The molecule has 7 heteroatoms. The molecular weight excluding hydrogens is 356 g/mol. The molecule has 0 radical (unpaired) electrons. The largest absolute Gasteiger partial charge is 0.493 e. The highest BCUT2D eigenvalue weighted by atomic mass is 16.5. The number of nitrogens with one attached hydrogen (secondary N) is 1. The summed E-state index contributed by atoms with van der Waals surface area (Å²) < 4.78 is 13.3. The molecule has 148 valence electrons. The number of aromatic nitrogens is 3. The molecule has 1 aliphatic carbocycles. The lowest BCUT2D eigenvalue weighted by Crippen LogP contribution is -2.31. The number of ketones is 1. The predicted octanol–water partition coefficient (Wildman–Crippen LogP) is 3.88. The van der Waals surface area contributed by atoms with Crippen molar-refractivity contribution in [3.8, 4) is 11.5 Å². The van der Waals surface area contributed by atoms with E-state index in [1.54, 1.807) is 11.8 Å². The van der Waals surface area contributed by atoms with Gasteiger partial charge in [-0.15, -0.1) is 0 Å². The number of methoxy groups -OCH3 is 1. The molecular formula is C21H26N4O3. The van der Waals surface area contributed by atoms with Gasteiger partial charge in [-0.25, -0.2) is 4.68 Å². The number of unbranched alkanes of at least 4 members (excludes halogenated alkanes) is 2. The van der Waals surface area contributed by atoms with Crippen LogP contribution in [0.3, 0.4) is 0 Å². The van der Waals surface area contributed by atoms with Gasteiger partial charge in [-0.05, 0) is 37.0 Å². The first-order valence-corrected chi connectivity index (χ1v) is 9.96. The Balaban J connectivity index is 1.69. The summed E-state index contributed by atoms with van der Waals surface area (Å²) in [6, 6.07) is 5.56. The van der Waals surface area contributed by atoms with E-state index in [0.717, 1.165) is 54.7 Å². The van der Waals surface area contributed by atoms with Gasteiger partial charge in [0.1, 0.15) is 12.4 Å². The van der Waals surface area contributed by atoms with Crippen molar-refractivity contribution < 1.29 is 14.3 Å². The molecule has 4 rings (SSSR count). The summed E-state index contributed by atoms with van der Waals surface area (Å²) in [5.74, 6) is 2.22. The maximum absolute atomic E-state index is 12.8. The average Bonchev–Trinajstić information content (AvgIpc) is 3.18. The second-order valence-electron chi connectivity index (χ2n) is 7.19. The van der Waals surface area contributed by atoms with Gasteiger partial charge in [0.25, 0.3) is 0 Å². The van der Waals surface area contributed by atoms with Gasteiger partial charge in [0.2, 0.25) is 5.95 Å². The zero-order valence-corrected chi connectivity index (χ0v) is 16.4. The number of benzene rings is 1. The van der Waals surface area contributed by atoms with Gasteiger partial charge in [-0.1, -0.05) is 25.8 Å². The Morgan fingerprint density at radius 2 is 2.14 bits per heavy atom. The van der Waals surface area contributed by atoms with Crippen LogP contribution < -0.4 is 14.8 Å². The zero-order valence-electron chi connectivity index (χ0n) is 16.4. The van der Waals surface area contributed by atoms with Gasteiger partial charge in [0, 0.05) is 17.7 Å². The van der Waals surface area contributed by atoms with E-state index in [1.807, 2.05) is 18.2 Å². The van der Waals surface area contributed by atoms with E-state index < -0.39 is 0 Å². The maximum Gasteiger partial charge on any atom is 0.226 e. The van der Waals surface area contributed by atoms with Crippen LogP contribution in [0.4, 0.5) is 5.95 Å². The lowest BCUT2D eigenvalue weighted by atomic mass is 9.85. The minimum atomic E-state index is -0.301. The number of ether oxygens (including phenoxy) is 2. The van der Waals surface area contributed by atoms with Crippen LogP contribution in [0.25, 0.3) is 0 Å². The first-order valence-electron chi connectivity index (χ1n) is 9.96. The Hall–Kier alpha value is -2.83. The van der Waals surface area contributed by atoms with Crippen molar-refractivity contribution in [1.29, 1.82) is 0 Å². The van der Waals surface area contributed by atoms with Crippen molar-refractivity contribution in [2.75, 3.05) is 19.0 Å². The Labute approximate surface area is 164 Å². The number of allylic oxidation sites excluding steroid dienone is 2. The van der Waals surface area contributed by atoms with Crippen LogP contribution in [0.5, 0.6) is 11.5 Å². The predicted molar refractivity (Wildman–Crippen MR) is 106 cm³/mol. The second-order valence-corrected chi connectivity index (χ2v) is 7.19. The normalized spacial score (nSPS) is 18.4. The molecule has 1 aliphatic heterocycles. The van der Waals surface area contributed by atoms with Crippen molar-refractivity contribution in [2.24, 2.45) is 0 Å². The van der Waals surface area contributed by atoms with E-state index in [-0.39, 0.29) is 11.8 Å². The third-order valence-corrected chi connectivity index (χ3v) is 5.32. The number of fused-ring (bicyclic) bond motifs is 1. The molecule has 1 aromatic heterocycles. The van der Waals surface area contributed by atoms with E-state index in [9.17, 15) is 4.79 Å². The lowest BCUT2D eigenvalue weighted by Gasteiger charge is -2.32. The lowest BCUT2D eigenvalue weighted by molar-refractivity contribution is -0.116. The van der Waals surface area contributed by atoms with Gasteiger partial charge in [0.15, 0.2) is 17.3 Å². The molecule has 7 nitrogen and oxygen atoms in total. The molecule has 1 N–H and O–H groups in total. The van der Waals surface area contributed by atoms with Crippen LogP contribution in [0.2, 0.25) is 0 Å². The summed E-state index contributed by atoms with van der Waals surface area (Å²) in [7, 11) is 1.64. The van der Waals surface area contributed by atoms with E-state index in [4.69, 9.17) is 9.47 Å². The topological polar surface area (TPSA) is 78.3 Å². The number of hydrogen-bond donors (Lipinski definition) is 1. The second kappa shape index (κ2) is 8.04. The minimum absolute atomic E-state index is 0.166. The van der Waals surface area contributed by atoms with Crippen LogP contribution >= 0.6 is 0 Å². The molecule has 0 saturated heterocycles. The molecule has 1 atom stereocenters. The molecule has 1 aromatic carbocycles. The van der Waals surface area contributed by atoms with Crippen LogP contribution in [-0.4, -0.2) is 34.3 Å². The molecule has 2 aromatic rings. The fourth-order valence-corrected chi connectivity index (χ4v) is 3.91. The first kappa shape index (κ1) is 18.5. The molecule has 0 bridgehead atoms. The Bertz CT molecular complexity index is 903. The zero-order chi connectivity index (χ0) is 19.5. The third kappa shape index (κ3) is 3.37. The summed E-state index contributed by atoms with van der Waals surface area (Å²) in [6.45, 7) is 2.83. The summed E-state index contributed by atoms with van der Waals surface area (Å²) in [4.78, 5) is 17.1. The van der Waals surface area contributed by atoms with Gasteiger partial charge in [0.05, 0.1) is 13.7 Å². The Morgan fingerprint density at radius 3 is 2.96 bits per heavy atom. The number of Topliss-reactive ketones (excluding diaryl/α,β-unsaturated/α-hetero) is 1. The van der Waals surface area contributed by atoms with E-state index in [1.165, 1.54) is 6.33 Å². The molecule has 0 spiro atoms. The molecule has 0 amide bonds. The summed E-state index contributed by atoms with van der Waals surface area (Å²) in [5, 5.41) is 7.65. The summed E-state index contributed by atoms with van der Waals surface area (Å²) >= 11 is 0. The van der Waals surface area contributed by atoms with E-state index in [2.05, 4.69) is 22.3 Å². The molecule has 2 aliphatic rings. The van der Waals surface area contributed by atoms with Crippen LogP contribution in [0.15, 0.2) is 35.8 Å². The highest BCUT2D eigenvalue weighted by molar-refractivity contribution is 5.99. The minimum Gasteiger partial charge on any atom is -0.493 e. The van der Waals surface area contributed by atoms with Crippen molar-refractivity contribution >= 4 is 11.7 Å². The Kier molecular flexibility index (Phi) is 5.32. The summed E-state index contributed by atoms with van der Waals surface area (Å²) in [6.07, 6.45) is 7.10. The standard InChI is InChI=1S/C21H26N4O3/c1-3-4-5-11-28-17-10-9-14(12-18(17)27-2)20-19-15(7-6-8-16(19)26)24-21-22-13-23-25(20)21/h9-10,12-13,20H,3-8,11H2,1-2H3,(H,22,23,24)/t20-/m0/s1. The quantitative estimate of drug-likeness (QED) is 0.732. The smallest absolute Gasteiger partial charge is 0.226 e. The molecule has 0 unspecified atom stereocenters. The number of carbonyl (C=O) groups excluding carboxylic acids is 1. The SMILES string of the molecule is CCCCCOc1ccc([C@H]2C3=C(CCCC3=O)Nc3ncnn32)cc1OC. The number of carbonyl (C=O) groups is 1. The maximum atomic E-state index is 12.8. The average molecular weight is 382 g/mol. The van der Waals surface area contributed by atoms with E-state index >= 15 is 0 Å². The van der Waals surface area contributed by atoms with Crippen LogP contribution in [-0.2, 0) is 4.79 Å². The number of anilines is 1. The van der Waals surface area contributed by atoms with Crippen molar-refractivity contribution in [3.05, 3.63) is 41.4 Å². The highest BCUT2D eigenvalue weighted by Crippen LogP contribution is 2.41. The van der Waals surface area contributed by atoms with Crippen LogP contribution in [0, 0.1) is 0 Å². The molecule has 28 heavy (non-hydrogen) atoms. The van der Waals surface area contributed by atoms with Gasteiger partial charge < -0.3 is 14.8 Å². The molecule has 0 saturated carbocycles. The monoisotopic (exact) mass is 382 g/mol. The first-order chi connectivity index (χ1) is 13.7. The van der Waals surface area contributed by atoms with Crippen molar-refractivity contribution in [3.63, 3.8) is 0 Å². The number of nitrogens with zero attached hydrogens (tertiary/aromatic N) is 3. The Morgan fingerprint density at radius 1 is 1.25 bits per heavy atom. The fourth-order valence-electron chi connectivity index (χ4n) is 3.91.